The Hall–Kier alpha value is -2.73. The van der Waals surface area contributed by atoms with Gasteiger partial charge in [0.05, 0.1) is 10.2 Å². The molecule has 0 saturated heterocycles. The van der Waals surface area contributed by atoms with Gasteiger partial charge >= 0.3 is 5.97 Å². The van der Waals surface area contributed by atoms with Crippen molar-refractivity contribution in [1.82, 2.24) is 4.57 Å². The molecule has 0 aliphatic carbocycles. The van der Waals surface area contributed by atoms with Crippen LogP contribution in [-0.4, -0.2) is 21.6 Å². The van der Waals surface area contributed by atoms with Crippen LogP contribution < -0.4 is 4.80 Å². The summed E-state index contributed by atoms with van der Waals surface area (Å²) in [6.45, 7) is 8.16. The minimum absolute atomic E-state index is 0.00303. The van der Waals surface area contributed by atoms with Crippen molar-refractivity contribution >= 4 is 33.4 Å². The van der Waals surface area contributed by atoms with Gasteiger partial charge in [0.2, 0.25) is 0 Å². The zero-order valence-electron chi connectivity index (χ0n) is 16.5. The number of para-hydroxylation sites is 1. The number of carboxylic acids is 1. The summed E-state index contributed by atoms with van der Waals surface area (Å²) in [4.78, 5) is 29.2. The molecule has 1 unspecified atom stereocenters. The lowest BCUT2D eigenvalue weighted by molar-refractivity contribution is -0.140. The Morgan fingerprint density at radius 1 is 1.11 bits per heavy atom. The normalized spacial score (nSPS) is 13.6. The lowest BCUT2D eigenvalue weighted by atomic mass is 9.87. The summed E-state index contributed by atoms with van der Waals surface area (Å²) in [5.41, 5.74) is 2.40. The van der Waals surface area contributed by atoms with E-state index in [4.69, 9.17) is 0 Å². The number of aliphatic carboxylic acids is 1. The average Bonchev–Trinajstić information content (AvgIpc) is 2.99. The molecule has 0 spiro atoms. The van der Waals surface area contributed by atoms with Gasteiger partial charge < -0.3 is 9.67 Å². The van der Waals surface area contributed by atoms with E-state index >= 15 is 0 Å². The van der Waals surface area contributed by atoms with Crippen LogP contribution in [0.1, 0.15) is 56.1 Å². The van der Waals surface area contributed by atoms with Gasteiger partial charge in [-0.05, 0) is 41.7 Å². The van der Waals surface area contributed by atoms with Crippen LogP contribution in [0.15, 0.2) is 53.5 Å². The highest BCUT2D eigenvalue weighted by Crippen LogP contribution is 2.24. The fraction of sp³-hybridized carbons (Fsp3) is 0.318. The van der Waals surface area contributed by atoms with Gasteiger partial charge in [0.15, 0.2) is 4.80 Å². The molecule has 3 aromatic rings. The Kier molecular flexibility index (Phi) is 5.52. The molecule has 146 valence electrons. The largest absolute Gasteiger partial charge is 0.480 e. The number of rotatable bonds is 4. The highest BCUT2D eigenvalue weighted by atomic mass is 32.1. The summed E-state index contributed by atoms with van der Waals surface area (Å²) >= 11 is 1.33. The number of carbonyl (C=O) groups is 2. The van der Waals surface area contributed by atoms with E-state index in [0.717, 1.165) is 15.8 Å². The summed E-state index contributed by atoms with van der Waals surface area (Å²) in [6, 6.07) is 14.2. The van der Waals surface area contributed by atoms with E-state index < -0.39 is 12.0 Å². The van der Waals surface area contributed by atoms with E-state index in [9.17, 15) is 14.7 Å². The molecule has 1 N–H and O–H groups in total. The third-order valence-electron chi connectivity index (χ3n) is 4.71. The molecule has 0 saturated carbocycles. The lowest BCUT2D eigenvalue weighted by Crippen LogP contribution is -2.27. The van der Waals surface area contributed by atoms with Gasteiger partial charge in [-0.2, -0.15) is 4.99 Å². The molecule has 0 aliphatic rings. The molecule has 3 rings (SSSR count). The molecule has 1 heterocycles. The number of fused-ring (bicyclic) bond motifs is 1. The highest BCUT2D eigenvalue weighted by molar-refractivity contribution is 7.16. The molecule has 2 aromatic carbocycles. The predicted octanol–water partition coefficient (Wildman–Crippen LogP) is 4.78. The molecule has 0 aliphatic heterocycles. The summed E-state index contributed by atoms with van der Waals surface area (Å²) in [5.74, 6) is -1.31. The zero-order valence-corrected chi connectivity index (χ0v) is 17.3. The first-order valence-electron chi connectivity index (χ1n) is 9.25. The van der Waals surface area contributed by atoms with Gasteiger partial charge in [-0.25, -0.2) is 4.79 Å². The van der Waals surface area contributed by atoms with Crippen molar-refractivity contribution in [2.75, 3.05) is 0 Å². The molecule has 5 nitrogen and oxygen atoms in total. The number of benzene rings is 2. The van der Waals surface area contributed by atoms with Gasteiger partial charge in [0.1, 0.15) is 6.04 Å². The molecular weight excluding hydrogens is 372 g/mol. The van der Waals surface area contributed by atoms with Crippen LogP contribution >= 0.6 is 11.3 Å². The molecule has 0 radical (unpaired) electrons. The van der Waals surface area contributed by atoms with Gasteiger partial charge in [-0.3, -0.25) is 4.79 Å². The lowest BCUT2D eigenvalue weighted by Gasteiger charge is -2.18. The summed E-state index contributed by atoms with van der Waals surface area (Å²) in [7, 11) is 0. The average molecular weight is 397 g/mol. The molecule has 28 heavy (non-hydrogen) atoms. The maximum atomic E-state index is 12.8. The van der Waals surface area contributed by atoms with Gasteiger partial charge in [-0.15, -0.1) is 0 Å². The molecule has 6 heteroatoms. The molecular formula is C22H24N2O3S. The molecule has 0 bridgehead atoms. The van der Waals surface area contributed by atoms with Crippen LogP contribution in [0.2, 0.25) is 0 Å². The van der Waals surface area contributed by atoms with Crippen LogP contribution in [0.5, 0.6) is 0 Å². The highest BCUT2D eigenvalue weighted by Gasteiger charge is 2.22. The third kappa shape index (κ3) is 3.92. The van der Waals surface area contributed by atoms with E-state index in [1.54, 1.807) is 16.7 Å². The Morgan fingerprint density at radius 2 is 1.75 bits per heavy atom. The van der Waals surface area contributed by atoms with E-state index in [1.807, 2.05) is 43.3 Å². The first-order valence-corrected chi connectivity index (χ1v) is 10.1. The number of nitrogens with zero attached hydrogens (tertiary/aromatic N) is 2. The minimum Gasteiger partial charge on any atom is -0.480 e. The number of aromatic nitrogens is 1. The van der Waals surface area contributed by atoms with Crippen molar-refractivity contribution in [1.29, 1.82) is 0 Å². The Balaban J connectivity index is 2.11. The zero-order chi connectivity index (χ0) is 20.5. The molecule has 0 fully saturated rings. The van der Waals surface area contributed by atoms with Crippen molar-refractivity contribution in [2.24, 2.45) is 4.99 Å². The molecule has 1 aromatic heterocycles. The van der Waals surface area contributed by atoms with Crippen LogP contribution in [0.25, 0.3) is 10.2 Å². The predicted molar refractivity (Wildman–Crippen MR) is 112 cm³/mol. The number of carboxylic acid groups (broad SMARTS) is 1. The quantitative estimate of drug-likeness (QED) is 0.690. The van der Waals surface area contributed by atoms with Crippen molar-refractivity contribution in [3.8, 4) is 0 Å². The first-order chi connectivity index (χ1) is 13.2. The number of carbonyl (C=O) groups excluding carboxylic acids is 1. The SMILES string of the molecule is CCC(C(=O)O)n1c(=NC(=O)c2ccc(C(C)(C)C)cc2)sc2ccccc21. The number of hydrogen-bond donors (Lipinski definition) is 1. The fourth-order valence-corrected chi connectivity index (χ4v) is 4.17. The smallest absolute Gasteiger partial charge is 0.326 e. The Bertz CT molecular complexity index is 1090. The van der Waals surface area contributed by atoms with Crippen molar-refractivity contribution in [3.63, 3.8) is 0 Å². The molecule has 1 atom stereocenters. The van der Waals surface area contributed by atoms with Crippen molar-refractivity contribution in [2.45, 2.75) is 45.6 Å². The molecule has 1 amide bonds. The van der Waals surface area contributed by atoms with Crippen LogP contribution in [0.4, 0.5) is 0 Å². The first kappa shape index (κ1) is 20.0. The van der Waals surface area contributed by atoms with Gasteiger partial charge in [0.25, 0.3) is 5.91 Å². The summed E-state index contributed by atoms with van der Waals surface area (Å²) < 4.78 is 2.56. The fourth-order valence-electron chi connectivity index (χ4n) is 3.10. The second kappa shape index (κ2) is 7.72. The summed E-state index contributed by atoms with van der Waals surface area (Å²) in [6.07, 6.45) is 0.401. The van der Waals surface area contributed by atoms with Gasteiger partial charge in [0, 0.05) is 5.56 Å². The van der Waals surface area contributed by atoms with E-state index in [0.29, 0.717) is 16.8 Å². The Morgan fingerprint density at radius 3 is 2.32 bits per heavy atom. The number of amides is 1. The van der Waals surface area contributed by atoms with Crippen LogP contribution in [-0.2, 0) is 10.2 Å². The minimum atomic E-state index is -0.936. The van der Waals surface area contributed by atoms with Gasteiger partial charge in [-0.1, -0.05) is 63.3 Å². The maximum Gasteiger partial charge on any atom is 0.326 e. The topological polar surface area (TPSA) is 71.7 Å². The number of hydrogen-bond acceptors (Lipinski definition) is 3. The standard InChI is InChI=1S/C22H24N2O3S/c1-5-16(20(26)27)24-17-8-6-7-9-18(17)28-21(24)23-19(25)14-10-12-15(13-11-14)22(2,3)4/h6-13,16H,5H2,1-4H3,(H,26,27). The van der Waals surface area contributed by atoms with Crippen molar-refractivity contribution in [3.05, 3.63) is 64.5 Å². The van der Waals surface area contributed by atoms with Crippen LogP contribution in [0.3, 0.4) is 0 Å². The van der Waals surface area contributed by atoms with E-state index in [-0.39, 0.29) is 11.3 Å². The van der Waals surface area contributed by atoms with E-state index in [1.165, 1.54) is 11.3 Å². The second-order valence-electron chi connectivity index (χ2n) is 7.73. The Labute approximate surface area is 168 Å². The third-order valence-corrected chi connectivity index (χ3v) is 5.75. The monoisotopic (exact) mass is 396 g/mol. The van der Waals surface area contributed by atoms with Crippen molar-refractivity contribution < 1.29 is 14.7 Å². The van der Waals surface area contributed by atoms with E-state index in [2.05, 4.69) is 25.8 Å². The maximum absolute atomic E-state index is 12.8. The van der Waals surface area contributed by atoms with Crippen LogP contribution in [0, 0.1) is 0 Å². The second-order valence-corrected chi connectivity index (χ2v) is 8.74. The summed E-state index contributed by atoms with van der Waals surface area (Å²) in [5, 5.41) is 9.64. The number of thiazole rings is 1.